The highest BCUT2D eigenvalue weighted by molar-refractivity contribution is 7.99. The van der Waals surface area contributed by atoms with Crippen LogP contribution in [0.4, 0.5) is 4.39 Å². The Morgan fingerprint density at radius 3 is 2.76 bits per heavy atom. The minimum absolute atomic E-state index is 0.170. The maximum Gasteiger partial charge on any atom is 0.184 e. The third-order valence-electron chi connectivity index (χ3n) is 4.73. The van der Waals surface area contributed by atoms with E-state index < -0.39 is 41.9 Å². The fourth-order valence-electron chi connectivity index (χ4n) is 3.34. The molecule has 6 atom stereocenters. The average molecular weight is 438 g/mol. The van der Waals surface area contributed by atoms with Gasteiger partial charge in [0.1, 0.15) is 29.6 Å². The van der Waals surface area contributed by atoms with Gasteiger partial charge in [0.2, 0.25) is 0 Å². The number of azide groups is 1. The quantitative estimate of drug-likeness (QED) is 0.433. The number of aliphatic hydroxyl groups excluding tert-OH is 1. The summed E-state index contributed by atoms with van der Waals surface area (Å²) in [6.45, 7) is 0.170. The van der Waals surface area contributed by atoms with Crippen LogP contribution in [0.15, 0.2) is 58.5 Å². The molecular formula is C19H17ClFN3O4S. The van der Waals surface area contributed by atoms with E-state index in [1.165, 1.54) is 18.2 Å². The molecule has 0 aliphatic carbocycles. The summed E-state index contributed by atoms with van der Waals surface area (Å²) >= 11 is 6.91. The number of hydrogen-bond donors (Lipinski definition) is 1. The van der Waals surface area contributed by atoms with Crippen LogP contribution < -0.4 is 0 Å². The van der Waals surface area contributed by atoms with Gasteiger partial charge in [0.25, 0.3) is 0 Å². The Balaban J connectivity index is 1.56. The third-order valence-corrected chi connectivity index (χ3v) is 6.15. The van der Waals surface area contributed by atoms with Gasteiger partial charge in [-0.1, -0.05) is 58.8 Å². The molecule has 2 saturated heterocycles. The molecular weight excluding hydrogens is 421 g/mol. The van der Waals surface area contributed by atoms with Crippen LogP contribution in [-0.4, -0.2) is 41.5 Å². The minimum atomic E-state index is -1.22. The van der Waals surface area contributed by atoms with Crippen molar-refractivity contribution in [3.8, 4) is 0 Å². The van der Waals surface area contributed by atoms with Gasteiger partial charge >= 0.3 is 0 Å². The van der Waals surface area contributed by atoms with Gasteiger partial charge in [-0.25, -0.2) is 4.39 Å². The predicted octanol–water partition coefficient (Wildman–Crippen LogP) is 4.45. The summed E-state index contributed by atoms with van der Waals surface area (Å²) in [6.07, 6.45) is -3.18. The van der Waals surface area contributed by atoms with Crippen molar-refractivity contribution in [1.82, 2.24) is 0 Å². The molecule has 1 N–H and O–H groups in total. The summed E-state index contributed by atoms with van der Waals surface area (Å²) < 4.78 is 31.8. The van der Waals surface area contributed by atoms with Gasteiger partial charge in [0, 0.05) is 20.4 Å². The summed E-state index contributed by atoms with van der Waals surface area (Å²) in [6, 6.07) is 12.5. The first-order valence-electron chi connectivity index (χ1n) is 8.88. The number of halogens is 2. The molecule has 0 bridgehead atoms. The second kappa shape index (κ2) is 8.89. The summed E-state index contributed by atoms with van der Waals surface area (Å²) in [7, 11) is 0. The highest BCUT2D eigenvalue weighted by atomic mass is 35.5. The summed E-state index contributed by atoms with van der Waals surface area (Å²) in [5.41, 5.74) is 8.92. The summed E-state index contributed by atoms with van der Waals surface area (Å²) in [5, 5.41) is 14.9. The molecule has 0 amide bonds. The van der Waals surface area contributed by atoms with Gasteiger partial charge in [0.15, 0.2) is 6.29 Å². The second-order valence-electron chi connectivity index (χ2n) is 6.60. The highest BCUT2D eigenvalue weighted by Crippen LogP contribution is 2.40. The van der Waals surface area contributed by atoms with Crippen molar-refractivity contribution in [2.75, 3.05) is 6.61 Å². The van der Waals surface area contributed by atoms with E-state index in [4.69, 9.17) is 31.3 Å². The Morgan fingerprint density at radius 2 is 2.00 bits per heavy atom. The number of hydrogen-bond acceptors (Lipinski definition) is 6. The SMILES string of the molecule is [N-]=[N+]=N[C@@H]1C(O)[C@@H](Sc2cc(Cl)ccc2F)OC2COC(c3ccccc3)O[C@@H]21. The maximum absolute atomic E-state index is 14.1. The zero-order valence-electron chi connectivity index (χ0n) is 15.0. The Hall–Kier alpha value is -1.84. The fraction of sp³-hybridized carbons (Fsp3) is 0.368. The first-order valence-corrected chi connectivity index (χ1v) is 10.1. The molecule has 152 valence electrons. The molecule has 3 unspecified atom stereocenters. The lowest BCUT2D eigenvalue weighted by molar-refractivity contribution is -0.297. The molecule has 2 heterocycles. The van der Waals surface area contributed by atoms with Crippen molar-refractivity contribution in [2.45, 2.75) is 41.0 Å². The molecule has 2 aliphatic heterocycles. The molecule has 2 fully saturated rings. The largest absolute Gasteiger partial charge is 0.389 e. The van der Waals surface area contributed by atoms with Crippen molar-refractivity contribution in [2.24, 2.45) is 5.11 Å². The van der Waals surface area contributed by atoms with Gasteiger partial charge in [-0.15, -0.1) is 0 Å². The number of ether oxygens (including phenoxy) is 3. The molecule has 0 radical (unpaired) electrons. The molecule has 2 aromatic carbocycles. The van der Waals surface area contributed by atoms with Crippen molar-refractivity contribution in [3.63, 3.8) is 0 Å². The summed E-state index contributed by atoms with van der Waals surface area (Å²) in [4.78, 5) is 3.08. The van der Waals surface area contributed by atoms with Crippen molar-refractivity contribution < 1.29 is 23.7 Å². The van der Waals surface area contributed by atoms with E-state index in [-0.39, 0.29) is 11.5 Å². The number of aliphatic hydroxyl groups is 1. The van der Waals surface area contributed by atoms with E-state index >= 15 is 0 Å². The Bertz CT molecular complexity index is 918. The van der Waals surface area contributed by atoms with E-state index in [0.717, 1.165) is 17.3 Å². The molecule has 7 nitrogen and oxygen atoms in total. The normalized spacial score (nSPS) is 31.6. The molecule has 10 heteroatoms. The second-order valence-corrected chi connectivity index (χ2v) is 8.17. The Labute approximate surface area is 175 Å². The first-order chi connectivity index (χ1) is 14.1. The van der Waals surface area contributed by atoms with Gasteiger partial charge in [-0.3, -0.25) is 0 Å². The number of nitrogens with zero attached hydrogens (tertiary/aromatic N) is 3. The van der Waals surface area contributed by atoms with E-state index in [1.54, 1.807) is 0 Å². The molecule has 0 aromatic heterocycles. The van der Waals surface area contributed by atoms with Gasteiger partial charge in [-0.05, 0) is 23.7 Å². The lowest BCUT2D eigenvalue weighted by Crippen LogP contribution is -2.60. The van der Waals surface area contributed by atoms with Crippen LogP contribution in [0.1, 0.15) is 11.9 Å². The summed E-state index contributed by atoms with van der Waals surface area (Å²) in [5.74, 6) is -0.488. The van der Waals surface area contributed by atoms with Crippen LogP contribution in [0.25, 0.3) is 10.4 Å². The minimum Gasteiger partial charge on any atom is -0.389 e. The topological polar surface area (TPSA) is 96.7 Å². The van der Waals surface area contributed by atoms with Crippen LogP contribution in [-0.2, 0) is 14.2 Å². The number of rotatable bonds is 4. The Kier molecular flexibility index (Phi) is 6.26. The van der Waals surface area contributed by atoms with Crippen molar-refractivity contribution in [3.05, 3.63) is 75.4 Å². The van der Waals surface area contributed by atoms with Crippen LogP contribution >= 0.6 is 23.4 Å². The zero-order chi connectivity index (χ0) is 20.4. The van der Waals surface area contributed by atoms with Crippen LogP contribution in [0.5, 0.6) is 0 Å². The van der Waals surface area contributed by atoms with E-state index in [1.807, 2.05) is 30.3 Å². The van der Waals surface area contributed by atoms with Gasteiger partial charge < -0.3 is 19.3 Å². The monoisotopic (exact) mass is 437 g/mol. The van der Waals surface area contributed by atoms with Crippen molar-refractivity contribution in [1.29, 1.82) is 0 Å². The molecule has 4 rings (SSSR count). The molecule has 2 aromatic rings. The lowest BCUT2D eigenvalue weighted by atomic mass is 9.97. The van der Waals surface area contributed by atoms with Crippen LogP contribution in [0, 0.1) is 5.82 Å². The molecule has 0 spiro atoms. The van der Waals surface area contributed by atoms with E-state index in [9.17, 15) is 9.50 Å². The van der Waals surface area contributed by atoms with E-state index in [2.05, 4.69) is 10.0 Å². The standard InChI is InChI=1S/C19H17ClFN3O4S/c20-11-6-7-12(21)14(8-11)29-19-16(25)15(23-24-22)17-13(27-19)9-26-18(28-17)10-4-2-1-3-5-10/h1-8,13,15-19,25H,9H2/t13?,15-,16?,17+,18?,19-/m1/s1. The molecule has 2 aliphatic rings. The molecule has 0 saturated carbocycles. The smallest absolute Gasteiger partial charge is 0.184 e. The highest BCUT2D eigenvalue weighted by Gasteiger charge is 2.49. The number of benzene rings is 2. The first kappa shape index (κ1) is 20.4. The third kappa shape index (κ3) is 4.36. The van der Waals surface area contributed by atoms with Crippen LogP contribution in [0.2, 0.25) is 5.02 Å². The lowest BCUT2D eigenvalue weighted by Gasteiger charge is -2.46. The number of fused-ring (bicyclic) bond motifs is 1. The Morgan fingerprint density at radius 1 is 1.21 bits per heavy atom. The number of thioether (sulfide) groups is 1. The maximum atomic E-state index is 14.1. The van der Waals surface area contributed by atoms with E-state index in [0.29, 0.717) is 5.02 Å². The van der Waals surface area contributed by atoms with Crippen LogP contribution in [0.3, 0.4) is 0 Å². The predicted molar refractivity (Wildman–Crippen MR) is 105 cm³/mol. The molecule has 29 heavy (non-hydrogen) atoms. The van der Waals surface area contributed by atoms with Gasteiger partial charge in [-0.2, -0.15) is 0 Å². The fourth-order valence-corrected chi connectivity index (χ4v) is 4.70. The van der Waals surface area contributed by atoms with Crippen molar-refractivity contribution >= 4 is 23.4 Å². The zero-order valence-corrected chi connectivity index (χ0v) is 16.5. The van der Waals surface area contributed by atoms with Gasteiger partial charge in [0.05, 0.1) is 12.6 Å². The average Bonchev–Trinajstić information content (AvgIpc) is 2.74.